The summed E-state index contributed by atoms with van der Waals surface area (Å²) in [5.41, 5.74) is -0.0279. The Hall–Kier alpha value is -0.380. The molecule has 0 aromatic carbocycles. The Morgan fingerprint density at radius 1 is 1.53 bits per heavy atom. The highest BCUT2D eigenvalue weighted by Crippen LogP contribution is 2.33. The Kier molecular flexibility index (Phi) is 3.91. The molecule has 1 unspecified atom stereocenters. The molecule has 2 rings (SSSR count). The number of hydrogen-bond acceptors (Lipinski definition) is 3. The van der Waals surface area contributed by atoms with Gasteiger partial charge in [-0.05, 0) is 31.2 Å². The summed E-state index contributed by atoms with van der Waals surface area (Å²) in [7, 11) is 0. The Balaban J connectivity index is 1.98. The molecule has 1 saturated carbocycles. The van der Waals surface area contributed by atoms with E-state index in [2.05, 4.69) is 36.3 Å². The van der Waals surface area contributed by atoms with Gasteiger partial charge < -0.3 is 5.11 Å². The molecule has 3 heteroatoms. The third-order valence-electron chi connectivity index (χ3n) is 3.74. The van der Waals surface area contributed by atoms with Gasteiger partial charge in [-0.25, -0.2) is 0 Å². The van der Waals surface area contributed by atoms with Crippen molar-refractivity contribution in [3.63, 3.8) is 0 Å². The fourth-order valence-corrected chi connectivity index (χ4v) is 2.74. The Morgan fingerprint density at radius 3 is 2.71 bits per heavy atom. The Morgan fingerprint density at radius 2 is 2.24 bits per heavy atom. The molecule has 1 heterocycles. The first-order valence-electron chi connectivity index (χ1n) is 6.43. The van der Waals surface area contributed by atoms with Crippen molar-refractivity contribution < 1.29 is 5.11 Å². The maximum Gasteiger partial charge on any atom is 0.0575 e. The zero-order chi connectivity index (χ0) is 12.5. The van der Waals surface area contributed by atoms with Gasteiger partial charge in [-0.3, -0.25) is 4.90 Å². The zero-order valence-corrected chi connectivity index (χ0v) is 11.8. The minimum atomic E-state index is -0.257. The number of nitrogens with zero attached hydrogens (tertiary/aromatic N) is 1. The van der Waals surface area contributed by atoms with Crippen molar-refractivity contribution in [2.24, 2.45) is 5.41 Å². The topological polar surface area (TPSA) is 23.5 Å². The predicted molar refractivity (Wildman–Crippen MR) is 73.2 cm³/mol. The summed E-state index contributed by atoms with van der Waals surface area (Å²) in [4.78, 5) is 3.97. The van der Waals surface area contributed by atoms with Crippen molar-refractivity contribution in [1.29, 1.82) is 0 Å². The summed E-state index contributed by atoms with van der Waals surface area (Å²) < 4.78 is 0. The van der Waals surface area contributed by atoms with Crippen LogP contribution >= 0.6 is 11.3 Å². The number of aliphatic hydroxyl groups is 1. The maximum absolute atomic E-state index is 9.83. The highest BCUT2D eigenvalue weighted by Gasteiger charge is 2.35. The summed E-state index contributed by atoms with van der Waals surface area (Å²) in [5.74, 6) is 0. The molecule has 1 atom stereocenters. The molecule has 0 saturated heterocycles. The van der Waals surface area contributed by atoms with Crippen LogP contribution in [0.2, 0.25) is 0 Å². The first-order chi connectivity index (χ1) is 7.99. The minimum Gasteiger partial charge on any atom is -0.393 e. The van der Waals surface area contributed by atoms with E-state index in [-0.39, 0.29) is 11.5 Å². The van der Waals surface area contributed by atoms with E-state index in [9.17, 15) is 5.11 Å². The number of thiophene rings is 1. The zero-order valence-electron chi connectivity index (χ0n) is 11.0. The first kappa shape index (κ1) is 13.1. The molecule has 0 aliphatic heterocycles. The molecule has 0 spiro atoms. The van der Waals surface area contributed by atoms with Crippen LogP contribution in [0.25, 0.3) is 0 Å². The van der Waals surface area contributed by atoms with Crippen LogP contribution in [0.5, 0.6) is 0 Å². The summed E-state index contributed by atoms with van der Waals surface area (Å²) in [6.07, 6.45) is 2.38. The monoisotopic (exact) mass is 253 g/mol. The molecule has 1 aliphatic rings. The fourth-order valence-electron chi connectivity index (χ4n) is 2.01. The normalized spacial score (nSPS) is 18.6. The molecule has 1 aliphatic carbocycles. The summed E-state index contributed by atoms with van der Waals surface area (Å²) in [6.45, 7) is 8.23. The van der Waals surface area contributed by atoms with E-state index in [4.69, 9.17) is 0 Å². The largest absolute Gasteiger partial charge is 0.393 e. The van der Waals surface area contributed by atoms with Crippen LogP contribution in [0, 0.1) is 5.41 Å². The van der Waals surface area contributed by atoms with Gasteiger partial charge in [0.1, 0.15) is 0 Å². The fraction of sp³-hybridized carbons (Fsp3) is 0.714. The lowest BCUT2D eigenvalue weighted by atomic mass is 9.87. The first-order valence-corrected chi connectivity index (χ1v) is 7.31. The van der Waals surface area contributed by atoms with Gasteiger partial charge in [0.2, 0.25) is 0 Å². The van der Waals surface area contributed by atoms with Crippen LogP contribution in [-0.4, -0.2) is 28.7 Å². The smallest absolute Gasteiger partial charge is 0.0575 e. The van der Waals surface area contributed by atoms with Crippen LogP contribution in [0.3, 0.4) is 0 Å². The van der Waals surface area contributed by atoms with Gasteiger partial charge in [0, 0.05) is 29.4 Å². The summed E-state index contributed by atoms with van der Waals surface area (Å²) in [6, 6.07) is 5.07. The number of hydrogen-bond donors (Lipinski definition) is 1. The Labute approximate surface area is 108 Å². The van der Waals surface area contributed by atoms with Crippen LogP contribution in [0.4, 0.5) is 0 Å². The van der Waals surface area contributed by atoms with Crippen molar-refractivity contribution in [1.82, 2.24) is 4.90 Å². The van der Waals surface area contributed by atoms with E-state index in [0.29, 0.717) is 0 Å². The minimum absolute atomic E-state index is 0.0279. The molecule has 17 heavy (non-hydrogen) atoms. The van der Waals surface area contributed by atoms with Gasteiger partial charge in [0.15, 0.2) is 0 Å². The molecular formula is C14H23NOS. The van der Waals surface area contributed by atoms with E-state index in [1.165, 1.54) is 17.7 Å². The van der Waals surface area contributed by atoms with Crippen LogP contribution in [0.15, 0.2) is 17.5 Å². The lowest BCUT2D eigenvalue weighted by Gasteiger charge is -2.34. The maximum atomic E-state index is 9.83. The summed E-state index contributed by atoms with van der Waals surface area (Å²) in [5, 5.41) is 12.0. The third kappa shape index (κ3) is 3.54. The van der Waals surface area contributed by atoms with Crippen molar-refractivity contribution in [2.75, 3.05) is 6.54 Å². The van der Waals surface area contributed by atoms with Crippen molar-refractivity contribution >= 4 is 11.3 Å². The quantitative estimate of drug-likeness (QED) is 0.842. The highest BCUT2D eigenvalue weighted by atomic mass is 32.1. The molecule has 0 radical (unpaired) electrons. The lowest BCUT2D eigenvalue weighted by molar-refractivity contribution is 0.0301. The Bertz CT molecular complexity index is 341. The summed E-state index contributed by atoms with van der Waals surface area (Å²) >= 11 is 1.83. The number of aliphatic hydroxyl groups excluding tert-OH is 1. The highest BCUT2D eigenvalue weighted by molar-refractivity contribution is 7.09. The lowest BCUT2D eigenvalue weighted by Crippen LogP contribution is -2.41. The molecule has 2 nitrogen and oxygen atoms in total. The predicted octanol–water partition coefficient (Wildman–Crippen LogP) is 3.12. The average Bonchev–Trinajstić information content (AvgIpc) is 2.97. The van der Waals surface area contributed by atoms with Gasteiger partial charge in [0.25, 0.3) is 0 Å². The van der Waals surface area contributed by atoms with Gasteiger partial charge in [-0.1, -0.05) is 19.9 Å². The third-order valence-corrected chi connectivity index (χ3v) is 4.61. The van der Waals surface area contributed by atoms with Gasteiger partial charge in [0.05, 0.1) is 6.10 Å². The average molecular weight is 253 g/mol. The SMILES string of the molecule is CC(O)C(C)(C)CN(Cc1cccs1)C1CC1. The van der Waals surface area contributed by atoms with Crippen LogP contribution in [0.1, 0.15) is 38.5 Å². The second kappa shape index (κ2) is 5.09. The van der Waals surface area contributed by atoms with Crippen LogP contribution in [-0.2, 0) is 6.54 Å². The van der Waals surface area contributed by atoms with Gasteiger partial charge in [-0.2, -0.15) is 0 Å². The van der Waals surface area contributed by atoms with Crippen molar-refractivity contribution in [2.45, 2.75) is 52.3 Å². The van der Waals surface area contributed by atoms with Crippen LogP contribution < -0.4 is 0 Å². The number of rotatable bonds is 6. The molecule has 1 aromatic heterocycles. The van der Waals surface area contributed by atoms with Crippen molar-refractivity contribution in [3.8, 4) is 0 Å². The van der Waals surface area contributed by atoms with E-state index in [1.807, 2.05) is 18.3 Å². The van der Waals surface area contributed by atoms with E-state index in [0.717, 1.165) is 19.1 Å². The molecule has 96 valence electrons. The molecule has 0 amide bonds. The molecule has 1 N–H and O–H groups in total. The van der Waals surface area contributed by atoms with E-state index >= 15 is 0 Å². The molecule has 1 aromatic rings. The second-order valence-corrected chi connectivity index (χ2v) is 6.91. The van der Waals surface area contributed by atoms with E-state index < -0.39 is 0 Å². The van der Waals surface area contributed by atoms with Gasteiger partial charge >= 0.3 is 0 Å². The molecule has 1 fully saturated rings. The van der Waals surface area contributed by atoms with Gasteiger partial charge in [-0.15, -0.1) is 11.3 Å². The van der Waals surface area contributed by atoms with E-state index in [1.54, 1.807) is 0 Å². The molecule has 0 bridgehead atoms. The standard InChI is InChI=1S/C14H23NOS/c1-11(16)14(2,3)10-15(12-6-7-12)9-13-5-4-8-17-13/h4-5,8,11-12,16H,6-7,9-10H2,1-3H3. The molecular weight excluding hydrogens is 230 g/mol. The van der Waals surface area contributed by atoms with Crippen molar-refractivity contribution in [3.05, 3.63) is 22.4 Å². The second-order valence-electron chi connectivity index (χ2n) is 5.88.